The lowest BCUT2D eigenvalue weighted by Crippen LogP contribution is -2.64. The van der Waals surface area contributed by atoms with Gasteiger partial charge in [-0.1, -0.05) is 34.8 Å². The molecule has 0 N–H and O–H groups in total. The van der Waals surface area contributed by atoms with Gasteiger partial charge < -0.3 is 23.7 Å². The number of halogens is 3. The molecule has 0 amide bonds. The van der Waals surface area contributed by atoms with Crippen LogP contribution in [0.25, 0.3) is 0 Å². The number of rotatable bonds is 8. The van der Waals surface area contributed by atoms with Gasteiger partial charge in [0.05, 0.1) is 0 Å². The quantitative estimate of drug-likeness (QED) is 0.184. The first kappa shape index (κ1) is 28.7. The van der Waals surface area contributed by atoms with E-state index in [1.165, 1.54) is 0 Å². The zero-order chi connectivity index (χ0) is 24.9. The second kappa shape index (κ2) is 11.7. The minimum Gasteiger partial charge on any atom is -0.463 e. The summed E-state index contributed by atoms with van der Waals surface area (Å²) in [6.07, 6.45) is -6.77. The van der Waals surface area contributed by atoms with Gasteiger partial charge in [-0.15, -0.1) is 0 Å². The molecule has 0 radical (unpaired) electrons. The van der Waals surface area contributed by atoms with E-state index in [2.05, 4.69) is 0 Å². The molecule has 0 spiro atoms. The third-order valence-electron chi connectivity index (χ3n) is 3.65. The van der Waals surface area contributed by atoms with Gasteiger partial charge in [0.2, 0.25) is 10.1 Å². The SMILES string of the molecule is CC(=O)OC[C@H]1O[C@@H](OC(C)=O)[C@H](S(=O)(=O)OCC(Cl)(Cl)Cl)[C@@H](OC(C)=O)[C@@H]1OC(C)=O. The van der Waals surface area contributed by atoms with Crippen LogP contribution >= 0.6 is 34.8 Å². The number of ether oxygens (including phenoxy) is 5. The summed E-state index contributed by atoms with van der Waals surface area (Å²) >= 11 is 16.6. The summed E-state index contributed by atoms with van der Waals surface area (Å²) in [4.78, 5) is 46.2. The molecule has 12 nitrogen and oxygen atoms in total. The third-order valence-corrected chi connectivity index (χ3v) is 5.58. The maximum absolute atomic E-state index is 12.9. The first-order chi connectivity index (χ1) is 14.5. The van der Waals surface area contributed by atoms with Crippen LogP contribution in [0.5, 0.6) is 0 Å². The molecule has 0 saturated carbocycles. The predicted molar refractivity (Wildman–Crippen MR) is 107 cm³/mol. The molecule has 0 aromatic heterocycles. The van der Waals surface area contributed by atoms with Gasteiger partial charge in [-0.25, -0.2) is 0 Å². The molecule has 32 heavy (non-hydrogen) atoms. The van der Waals surface area contributed by atoms with Gasteiger partial charge >= 0.3 is 23.9 Å². The minimum atomic E-state index is -4.86. The Morgan fingerprint density at radius 2 is 1.34 bits per heavy atom. The molecule has 5 atom stereocenters. The van der Waals surface area contributed by atoms with Crippen molar-refractivity contribution in [3.05, 3.63) is 0 Å². The van der Waals surface area contributed by atoms with Crippen molar-refractivity contribution in [1.82, 2.24) is 0 Å². The molecule has 1 aliphatic heterocycles. The van der Waals surface area contributed by atoms with Crippen molar-refractivity contribution in [1.29, 1.82) is 0 Å². The summed E-state index contributed by atoms with van der Waals surface area (Å²) in [5.41, 5.74) is 0. The lowest BCUT2D eigenvalue weighted by Gasteiger charge is -2.43. The van der Waals surface area contributed by atoms with Gasteiger partial charge in [0, 0.05) is 27.7 Å². The molecule has 0 aromatic rings. The molecule has 1 fully saturated rings. The van der Waals surface area contributed by atoms with Crippen LogP contribution in [0.2, 0.25) is 0 Å². The van der Waals surface area contributed by atoms with Gasteiger partial charge in [-0.3, -0.25) is 23.4 Å². The Hall–Kier alpha value is -1.38. The Morgan fingerprint density at radius 1 is 0.844 bits per heavy atom. The van der Waals surface area contributed by atoms with Crippen LogP contribution in [0.3, 0.4) is 0 Å². The van der Waals surface area contributed by atoms with Crippen LogP contribution in [0.4, 0.5) is 0 Å². The molecule has 1 rings (SSSR count). The van der Waals surface area contributed by atoms with Crippen molar-refractivity contribution in [2.24, 2.45) is 0 Å². The summed E-state index contributed by atoms with van der Waals surface area (Å²) in [5, 5.41) is -2.07. The summed E-state index contributed by atoms with van der Waals surface area (Å²) in [7, 11) is -4.86. The average molecular weight is 544 g/mol. The van der Waals surface area contributed by atoms with Crippen LogP contribution in [0, 0.1) is 0 Å². The minimum absolute atomic E-state index is 0.565. The van der Waals surface area contributed by atoms with E-state index in [9.17, 15) is 27.6 Å². The van der Waals surface area contributed by atoms with Crippen LogP contribution in [0.15, 0.2) is 0 Å². The van der Waals surface area contributed by atoms with Crippen LogP contribution in [0.1, 0.15) is 27.7 Å². The zero-order valence-corrected chi connectivity index (χ0v) is 20.3. The molecule has 1 heterocycles. The van der Waals surface area contributed by atoms with E-state index in [0.29, 0.717) is 0 Å². The number of carbonyl (C=O) groups excluding carboxylic acids is 4. The standard InChI is InChI=1S/C16H21Cl3O12S/c1-7(20)26-5-11-12(28-8(2)21)13(29-9(3)22)14(15(31-11)30-10(4)23)32(24,25)27-6-16(17,18)19/h11-15H,5-6H2,1-4H3/t11-,12-,13+,14-,15-/m1/s1. The summed E-state index contributed by atoms with van der Waals surface area (Å²) in [5.74, 6) is -3.62. The second-order valence-corrected chi connectivity index (χ2v) is 10.7. The molecular weight excluding hydrogens is 523 g/mol. The molecule has 0 unspecified atom stereocenters. The van der Waals surface area contributed by atoms with Crippen molar-refractivity contribution >= 4 is 68.8 Å². The van der Waals surface area contributed by atoms with E-state index >= 15 is 0 Å². The predicted octanol–water partition coefficient (Wildman–Crippen LogP) is 0.786. The Balaban J connectivity index is 3.52. The number of carbonyl (C=O) groups is 4. The average Bonchev–Trinajstić information content (AvgIpc) is 2.58. The number of hydrogen-bond acceptors (Lipinski definition) is 12. The zero-order valence-electron chi connectivity index (χ0n) is 17.2. The Bertz CT molecular complexity index is 825. The topological polar surface area (TPSA) is 158 Å². The van der Waals surface area contributed by atoms with Crippen molar-refractivity contribution in [3.63, 3.8) is 0 Å². The first-order valence-corrected chi connectivity index (χ1v) is 11.4. The van der Waals surface area contributed by atoms with Crippen molar-refractivity contribution in [2.45, 2.75) is 61.3 Å². The largest absolute Gasteiger partial charge is 0.463 e. The van der Waals surface area contributed by atoms with Crippen LogP contribution in [-0.4, -0.2) is 79.2 Å². The third kappa shape index (κ3) is 9.24. The Kier molecular flexibility index (Phi) is 10.4. The van der Waals surface area contributed by atoms with Gasteiger partial charge in [-0.2, -0.15) is 8.42 Å². The highest BCUT2D eigenvalue weighted by atomic mass is 35.6. The normalized spacial score (nSPS) is 26.0. The van der Waals surface area contributed by atoms with Gasteiger partial charge in [0.25, 0.3) is 10.1 Å². The maximum atomic E-state index is 12.9. The fourth-order valence-corrected chi connectivity index (χ4v) is 4.45. The van der Waals surface area contributed by atoms with E-state index in [0.717, 1.165) is 27.7 Å². The van der Waals surface area contributed by atoms with Gasteiger partial charge in [0.15, 0.2) is 17.5 Å². The second-order valence-electron chi connectivity index (χ2n) is 6.44. The highest BCUT2D eigenvalue weighted by Gasteiger charge is 2.57. The van der Waals surface area contributed by atoms with E-state index in [4.69, 9.17) is 62.7 Å². The highest BCUT2D eigenvalue weighted by molar-refractivity contribution is 7.87. The molecule has 1 saturated heterocycles. The fraction of sp³-hybridized carbons (Fsp3) is 0.750. The smallest absolute Gasteiger partial charge is 0.304 e. The van der Waals surface area contributed by atoms with Crippen molar-refractivity contribution in [2.75, 3.05) is 13.2 Å². The first-order valence-electron chi connectivity index (χ1n) is 8.79. The molecule has 1 aliphatic rings. The van der Waals surface area contributed by atoms with E-state index in [-0.39, 0.29) is 0 Å². The Labute approximate surface area is 198 Å². The number of alkyl halides is 3. The van der Waals surface area contributed by atoms with Gasteiger partial charge in [-0.05, 0) is 0 Å². The van der Waals surface area contributed by atoms with E-state index in [1.54, 1.807) is 0 Å². The van der Waals surface area contributed by atoms with E-state index in [1.807, 2.05) is 0 Å². The summed E-state index contributed by atoms with van der Waals surface area (Å²) in [6.45, 7) is 2.46. The molecule has 0 aliphatic carbocycles. The molecule has 16 heteroatoms. The van der Waals surface area contributed by atoms with Crippen LogP contribution in [-0.2, 0) is 57.2 Å². The lowest BCUT2D eigenvalue weighted by molar-refractivity contribution is -0.258. The molecule has 0 bridgehead atoms. The monoisotopic (exact) mass is 542 g/mol. The van der Waals surface area contributed by atoms with E-state index < -0.39 is 80.9 Å². The number of esters is 4. The van der Waals surface area contributed by atoms with Crippen molar-refractivity contribution < 1.29 is 55.5 Å². The summed E-state index contributed by atoms with van der Waals surface area (Å²) in [6, 6.07) is 0. The van der Waals surface area contributed by atoms with Gasteiger partial charge in [0.1, 0.15) is 19.3 Å². The highest BCUT2D eigenvalue weighted by Crippen LogP contribution is 2.34. The van der Waals surface area contributed by atoms with Crippen LogP contribution < -0.4 is 0 Å². The molecular formula is C16H21Cl3O12S. The fourth-order valence-electron chi connectivity index (χ4n) is 2.66. The molecule has 184 valence electrons. The molecule has 0 aromatic carbocycles. The lowest BCUT2D eigenvalue weighted by atomic mass is 10.0. The Morgan fingerprint density at radius 3 is 1.78 bits per heavy atom. The summed E-state index contributed by atoms with van der Waals surface area (Å²) < 4.78 is 53.9. The number of hydrogen-bond donors (Lipinski definition) is 0. The maximum Gasteiger partial charge on any atom is 0.304 e. The van der Waals surface area contributed by atoms with Crippen molar-refractivity contribution in [3.8, 4) is 0 Å².